The highest BCUT2D eigenvalue weighted by Crippen LogP contribution is 2.48. The molecule has 1 saturated heterocycles. The third-order valence-corrected chi connectivity index (χ3v) is 4.66. The molecule has 5 rings (SSSR count). The highest BCUT2D eigenvalue weighted by atomic mass is 16.2. The summed E-state index contributed by atoms with van der Waals surface area (Å²) in [6.45, 7) is 1.46. The van der Waals surface area contributed by atoms with Crippen LogP contribution in [0.15, 0.2) is 53.5 Å². The smallest absolute Gasteiger partial charge is 0.258 e. The number of carbonyl (C=O) groups excluding carboxylic acids is 1. The molecule has 1 amide bonds. The van der Waals surface area contributed by atoms with Crippen molar-refractivity contribution in [1.29, 1.82) is 0 Å². The predicted octanol–water partition coefficient (Wildman–Crippen LogP) is 1.22. The molecule has 2 N–H and O–H groups in total. The minimum absolute atomic E-state index is 0.0678. The summed E-state index contributed by atoms with van der Waals surface area (Å²) in [7, 11) is 0. The molecular weight excluding hydrogens is 276 g/mol. The zero-order chi connectivity index (χ0) is 14.7. The first kappa shape index (κ1) is 11.9. The van der Waals surface area contributed by atoms with E-state index in [9.17, 15) is 4.79 Å². The van der Waals surface area contributed by atoms with Crippen LogP contribution in [0.25, 0.3) is 11.1 Å². The SMILES string of the molecule is O=C1NC2=NCCN2NC12c1ccccc1-c1ccccc12. The highest BCUT2D eigenvalue weighted by Gasteiger charge is 2.53. The lowest BCUT2D eigenvalue weighted by Gasteiger charge is -2.41. The molecule has 2 heterocycles. The average Bonchev–Trinajstić information content (AvgIpc) is 3.11. The van der Waals surface area contributed by atoms with Gasteiger partial charge in [0, 0.05) is 0 Å². The lowest BCUT2D eigenvalue weighted by Crippen LogP contribution is -2.68. The molecule has 5 nitrogen and oxygen atoms in total. The van der Waals surface area contributed by atoms with E-state index in [1.807, 2.05) is 41.4 Å². The molecule has 2 aliphatic heterocycles. The standard InChI is InChI=1S/C17H14N4O/c22-15-17(20-21-10-9-18-16(21)19-15)13-7-3-1-5-11(13)12-6-2-4-8-14(12)17/h1-8,20H,9-10H2,(H,18,19,22). The minimum atomic E-state index is -0.865. The van der Waals surface area contributed by atoms with Gasteiger partial charge in [-0.15, -0.1) is 0 Å². The Morgan fingerprint density at radius 3 is 2.32 bits per heavy atom. The van der Waals surface area contributed by atoms with Gasteiger partial charge >= 0.3 is 0 Å². The maximum atomic E-state index is 13.0. The quantitative estimate of drug-likeness (QED) is 0.767. The molecule has 2 aromatic rings. The summed E-state index contributed by atoms with van der Waals surface area (Å²) in [5, 5.41) is 4.91. The number of benzene rings is 2. The van der Waals surface area contributed by atoms with E-state index in [1.165, 1.54) is 0 Å². The van der Waals surface area contributed by atoms with Crippen LogP contribution in [0.1, 0.15) is 11.1 Å². The molecule has 108 valence electrons. The van der Waals surface area contributed by atoms with Gasteiger partial charge < -0.3 is 0 Å². The molecule has 1 aliphatic carbocycles. The first-order chi connectivity index (χ1) is 10.8. The van der Waals surface area contributed by atoms with Crippen molar-refractivity contribution in [3.63, 3.8) is 0 Å². The second-order valence-corrected chi connectivity index (χ2v) is 5.76. The number of guanidine groups is 1. The third-order valence-electron chi connectivity index (χ3n) is 4.66. The van der Waals surface area contributed by atoms with Gasteiger partial charge in [-0.05, 0) is 22.3 Å². The van der Waals surface area contributed by atoms with Crippen LogP contribution in [-0.2, 0) is 10.3 Å². The number of hydrogen-bond acceptors (Lipinski definition) is 4. The van der Waals surface area contributed by atoms with Gasteiger partial charge in [-0.2, -0.15) is 0 Å². The second kappa shape index (κ2) is 3.96. The number of carbonyl (C=O) groups is 1. The van der Waals surface area contributed by atoms with Gasteiger partial charge in [-0.3, -0.25) is 15.1 Å². The number of amides is 1. The summed E-state index contributed by atoms with van der Waals surface area (Å²) in [6.07, 6.45) is 0. The van der Waals surface area contributed by atoms with E-state index in [2.05, 4.69) is 27.9 Å². The Kier molecular flexibility index (Phi) is 2.15. The summed E-state index contributed by atoms with van der Waals surface area (Å²) < 4.78 is 0. The largest absolute Gasteiger partial charge is 0.293 e. The van der Waals surface area contributed by atoms with E-state index < -0.39 is 5.54 Å². The molecule has 1 spiro atoms. The van der Waals surface area contributed by atoms with E-state index in [4.69, 9.17) is 0 Å². The van der Waals surface area contributed by atoms with Crippen molar-refractivity contribution in [2.45, 2.75) is 5.54 Å². The Hall–Kier alpha value is -2.66. The first-order valence-electron chi connectivity index (χ1n) is 7.41. The van der Waals surface area contributed by atoms with E-state index in [-0.39, 0.29) is 5.91 Å². The molecule has 0 atom stereocenters. The van der Waals surface area contributed by atoms with Gasteiger partial charge in [-0.1, -0.05) is 48.5 Å². The Morgan fingerprint density at radius 2 is 1.64 bits per heavy atom. The monoisotopic (exact) mass is 290 g/mol. The summed E-state index contributed by atoms with van der Waals surface area (Å²) in [5.41, 5.74) is 6.80. The highest BCUT2D eigenvalue weighted by molar-refractivity contribution is 6.09. The number of fused-ring (bicyclic) bond motifs is 6. The summed E-state index contributed by atoms with van der Waals surface area (Å²) >= 11 is 0. The lowest BCUT2D eigenvalue weighted by molar-refractivity contribution is -0.128. The number of rotatable bonds is 0. The fourth-order valence-corrected chi connectivity index (χ4v) is 3.71. The maximum Gasteiger partial charge on any atom is 0.258 e. The molecule has 1 fully saturated rings. The van der Waals surface area contributed by atoms with E-state index in [0.29, 0.717) is 12.5 Å². The first-order valence-corrected chi connectivity index (χ1v) is 7.41. The number of nitrogens with one attached hydrogen (secondary N) is 2. The van der Waals surface area contributed by atoms with Crippen molar-refractivity contribution in [2.75, 3.05) is 13.1 Å². The Labute approximate surface area is 127 Å². The summed E-state index contributed by atoms with van der Waals surface area (Å²) in [6, 6.07) is 16.2. The summed E-state index contributed by atoms with van der Waals surface area (Å²) in [4.78, 5) is 17.3. The van der Waals surface area contributed by atoms with Gasteiger partial charge in [0.05, 0.1) is 13.1 Å². The molecule has 22 heavy (non-hydrogen) atoms. The van der Waals surface area contributed by atoms with Crippen molar-refractivity contribution in [2.24, 2.45) is 4.99 Å². The van der Waals surface area contributed by atoms with E-state index in [1.54, 1.807) is 0 Å². The zero-order valence-electron chi connectivity index (χ0n) is 11.8. The van der Waals surface area contributed by atoms with Crippen LogP contribution < -0.4 is 10.7 Å². The molecule has 5 heteroatoms. The average molecular weight is 290 g/mol. The van der Waals surface area contributed by atoms with Crippen LogP contribution in [0.2, 0.25) is 0 Å². The van der Waals surface area contributed by atoms with Crippen molar-refractivity contribution in [1.82, 2.24) is 15.8 Å². The fraction of sp³-hybridized carbons (Fsp3) is 0.176. The molecular formula is C17H14N4O. The van der Waals surface area contributed by atoms with Crippen LogP contribution in [0.5, 0.6) is 0 Å². The van der Waals surface area contributed by atoms with Crippen molar-refractivity contribution in [3.05, 3.63) is 59.7 Å². The number of nitrogens with zero attached hydrogens (tertiary/aromatic N) is 2. The van der Waals surface area contributed by atoms with Crippen LogP contribution in [0.4, 0.5) is 0 Å². The third kappa shape index (κ3) is 1.27. The predicted molar refractivity (Wildman–Crippen MR) is 82.9 cm³/mol. The molecule has 0 radical (unpaired) electrons. The maximum absolute atomic E-state index is 13.0. The van der Waals surface area contributed by atoms with Gasteiger partial charge in [0.2, 0.25) is 5.96 Å². The number of hydrazine groups is 1. The minimum Gasteiger partial charge on any atom is -0.293 e. The Balaban J connectivity index is 1.80. The molecule has 3 aliphatic rings. The van der Waals surface area contributed by atoms with Crippen LogP contribution >= 0.6 is 0 Å². The molecule has 0 aromatic heterocycles. The van der Waals surface area contributed by atoms with Crippen LogP contribution in [0.3, 0.4) is 0 Å². The van der Waals surface area contributed by atoms with Gasteiger partial charge in [-0.25, -0.2) is 10.4 Å². The fourth-order valence-electron chi connectivity index (χ4n) is 3.71. The molecule has 0 bridgehead atoms. The van der Waals surface area contributed by atoms with Crippen molar-refractivity contribution in [3.8, 4) is 11.1 Å². The molecule has 0 unspecified atom stereocenters. The van der Waals surface area contributed by atoms with Crippen LogP contribution in [0, 0.1) is 0 Å². The van der Waals surface area contributed by atoms with Gasteiger partial charge in [0.15, 0.2) is 5.54 Å². The van der Waals surface area contributed by atoms with Gasteiger partial charge in [0.25, 0.3) is 5.91 Å². The molecule has 2 aromatic carbocycles. The normalized spacial score (nSPS) is 20.3. The number of aliphatic imine (C=N–C) groups is 1. The van der Waals surface area contributed by atoms with Crippen LogP contribution in [-0.4, -0.2) is 30.0 Å². The second-order valence-electron chi connectivity index (χ2n) is 5.76. The lowest BCUT2D eigenvalue weighted by atomic mass is 9.86. The van der Waals surface area contributed by atoms with Crippen molar-refractivity contribution < 1.29 is 4.79 Å². The van der Waals surface area contributed by atoms with Gasteiger partial charge in [0.1, 0.15) is 0 Å². The topological polar surface area (TPSA) is 56.7 Å². The molecule has 0 saturated carbocycles. The van der Waals surface area contributed by atoms with Crippen molar-refractivity contribution >= 4 is 11.9 Å². The zero-order valence-corrected chi connectivity index (χ0v) is 11.8. The van der Waals surface area contributed by atoms with E-state index in [0.717, 1.165) is 28.8 Å². The number of hydrogen-bond donors (Lipinski definition) is 2. The summed E-state index contributed by atoms with van der Waals surface area (Å²) in [5.74, 6) is 0.555. The van der Waals surface area contributed by atoms with E-state index >= 15 is 0 Å². The Bertz CT molecular complexity index is 797. The Morgan fingerprint density at radius 1 is 1.00 bits per heavy atom.